The molecule has 0 aliphatic heterocycles. The predicted octanol–water partition coefficient (Wildman–Crippen LogP) is 2.85. The standard InChI is InChI=1S/C19H29N3O3/c1-4-11-22(12-5-2)18(24)8-6-7-17(23)21-16-13-15(19(20)25)10-9-14(16)3/h9-10,13H,4-8,11-12H2,1-3H3,(H2,20,25)(H,21,23). The lowest BCUT2D eigenvalue weighted by Gasteiger charge is -2.21. The normalized spacial score (nSPS) is 10.4. The minimum Gasteiger partial charge on any atom is -0.366 e. The number of hydrogen-bond acceptors (Lipinski definition) is 3. The van der Waals surface area contributed by atoms with Crippen molar-refractivity contribution in [2.75, 3.05) is 18.4 Å². The van der Waals surface area contributed by atoms with Gasteiger partial charge in [0.2, 0.25) is 17.7 Å². The average Bonchev–Trinajstić information content (AvgIpc) is 2.56. The second kappa shape index (κ2) is 10.5. The van der Waals surface area contributed by atoms with Crippen LogP contribution in [0.5, 0.6) is 0 Å². The van der Waals surface area contributed by atoms with E-state index in [2.05, 4.69) is 5.32 Å². The molecule has 6 heteroatoms. The Labute approximate surface area is 149 Å². The quantitative estimate of drug-likeness (QED) is 0.681. The number of carbonyl (C=O) groups excluding carboxylic acids is 3. The van der Waals surface area contributed by atoms with Crippen molar-refractivity contribution in [1.29, 1.82) is 0 Å². The van der Waals surface area contributed by atoms with Crippen LogP contribution in [0.3, 0.4) is 0 Å². The van der Waals surface area contributed by atoms with Crippen LogP contribution >= 0.6 is 0 Å². The maximum absolute atomic E-state index is 12.2. The Morgan fingerprint density at radius 2 is 1.72 bits per heavy atom. The minimum atomic E-state index is -0.534. The first-order valence-corrected chi connectivity index (χ1v) is 8.87. The van der Waals surface area contributed by atoms with Crippen LogP contribution in [0, 0.1) is 6.92 Å². The Balaban J connectivity index is 2.51. The molecule has 0 atom stereocenters. The van der Waals surface area contributed by atoms with E-state index in [0.29, 0.717) is 24.1 Å². The molecule has 0 spiro atoms. The van der Waals surface area contributed by atoms with Crippen LogP contribution in [0.2, 0.25) is 0 Å². The number of nitrogens with two attached hydrogens (primary N) is 1. The summed E-state index contributed by atoms with van der Waals surface area (Å²) in [5.74, 6) is -0.605. The first kappa shape index (κ1) is 20.7. The highest BCUT2D eigenvalue weighted by molar-refractivity contribution is 5.97. The monoisotopic (exact) mass is 347 g/mol. The molecular weight excluding hydrogens is 318 g/mol. The molecule has 0 unspecified atom stereocenters. The molecule has 0 heterocycles. The first-order chi connectivity index (χ1) is 11.9. The second-order valence-corrected chi connectivity index (χ2v) is 6.18. The van der Waals surface area contributed by atoms with E-state index >= 15 is 0 Å². The third-order valence-electron chi connectivity index (χ3n) is 3.93. The van der Waals surface area contributed by atoms with Crippen molar-refractivity contribution in [3.05, 3.63) is 29.3 Å². The van der Waals surface area contributed by atoms with E-state index in [1.54, 1.807) is 18.2 Å². The summed E-state index contributed by atoms with van der Waals surface area (Å²) in [4.78, 5) is 37.4. The van der Waals surface area contributed by atoms with Gasteiger partial charge < -0.3 is 16.0 Å². The van der Waals surface area contributed by atoms with Crippen LogP contribution in [0.15, 0.2) is 18.2 Å². The number of nitrogens with one attached hydrogen (secondary N) is 1. The van der Waals surface area contributed by atoms with Gasteiger partial charge in [-0.25, -0.2) is 0 Å². The highest BCUT2D eigenvalue weighted by Crippen LogP contribution is 2.17. The Morgan fingerprint density at radius 3 is 2.28 bits per heavy atom. The van der Waals surface area contributed by atoms with E-state index < -0.39 is 5.91 Å². The molecule has 0 bridgehead atoms. The van der Waals surface area contributed by atoms with Gasteiger partial charge >= 0.3 is 0 Å². The Kier molecular flexibility index (Phi) is 8.67. The van der Waals surface area contributed by atoms with Crippen molar-refractivity contribution in [2.24, 2.45) is 5.73 Å². The van der Waals surface area contributed by atoms with Crippen LogP contribution in [-0.4, -0.2) is 35.7 Å². The molecule has 0 saturated heterocycles. The fourth-order valence-electron chi connectivity index (χ4n) is 2.58. The van der Waals surface area contributed by atoms with Gasteiger partial charge in [-0.05, 0) is 43.9 Å². The van der Waals surface area contributed by atoms with Gasteiger partial charge in [0.05, 0.1) is 0 Å². The van der Waals surface area contributed by atoms with Crippen LogP contribution in [0.1, 0.15) is 61.9 Å². The van der Waals surface area contributed by atoms with Crippen LogP contribution in [0.25, 0.3) is 0 Å². The molecule has 0 radical (unpaired) electrons. The lowest BCUT2D eigenvalue weighted by Crippen LogP contribution is -2.32. The number of nitrogens with zero attached hydrogens (tertiary/aromatic N) is 1. The van der Waals surface area contributed by atoms with E-state index in [1.165, 1.54) is 0 Å². The second-order valence-electron chi connectivity index (χ2n) is 6.18. The number of primary amides is 1. The van der Waals surface area contributed by atoms with Gasteiger partial charge in [-0.1, -0.05) is 19.9 Å². The molecule has 1 aromatic carbocycles. The number of rotatable bonds is 10. The molecule has 6 nitrogen and oxygen atoms in total. The molecule has 3 amide bonds. The summed E-state index contributed by atoms with van der Waals surface area (Å²) in [6.07, 6.45) is 3.00. The largest absolute Gasteiger partial charge is 0.366 e. The number of anilines is 1. The van der Waals surface area contributed by atoms with Gasteiger partial charge in [0.15, 0.2) is 0 Å². The zero-order valence-corrected chi connectivity index (χ0v) is 15.4. The zero-order chi connectivity index (χ0) is 18.8. The van der Waals surface area contributed by atoms with Crippen molar-refractivity contribution in [3.63, 3.8) is 0 Å². The zero-order valence-electron chi connectivity index (χ0n) is 15.4. The molecule has 0 aliphatic carbocycles. The van der Waals surface area contributed by atoms with Gasteiger partial charge in [-0.15, -0.1) is 0 Å². The number of carbonyl (C=O) groups is 3. The summed E-state index contributed by atoms with van der Waals surface area (Å²) in [5, 5.41) is 2.79. The van der Waals surface area contributed by atoms with Crippen LogP contribution < -0.4 is 11.1 Å². The number of amides is 3. The fraction of sp³-hybridized carbons (Fsp3) is 0.526. The fourth-order valence-corrected chi connectivity index (χ4v) is 2.58. The molecule has 0 fully saturated rings. The molecule has 0 aliphatic rings. The molecule has 1 aromatic rings. The van der Waals surface area contributed by atoms with Crippen LogP contribution in [0.4, 0.5) is 5.69 Å². The van der Waals surface area contributed by atoms with Crippen LogP contribution in [-0.2, 0) is 9.59 Å². The van der Waals surface area contributed by atoms with E-state index in [-0.39, 0.29) is 18.2 Å². The Bertz CT molecular complexity index is 608. The minimum absolute atomic E-state index is 0.100. The molecule has 0 saturated carbocycles. The van der Waals surface area contributed by atoms with Gasteiger partial charge in [-0.2, -0.15) is 0 Å². The first-order valence-electron chi connectivity index (χ1n) is 8.87. The van der Waals surface area contributed by atoms with E-state index in [4.69, 9.17) is 5.73 Å². The maximum atomic E-state index is 12.2. The number of hydrogen-bond donors (Lipinski definition) is 2. The highest BCUT2D eigenvalue weighted by atomic mass is 16.2. The van der Waals surface area contributed by atoms with Gasteiger partial charge in [0.25, 0.3) is 0 Å². The van der Waals surface area contributed by atoms with Gasteiger partial charge in [-0.3, -0.25) is 14.4 Å². The number of benzene rings is 1. The summed E-state index contributed by atoms with van der Waals surface area (Å²) < 4.78 is 0. The van der Waals surface area contributed by atoms with E-state index in [9.17, 15) is 14.4 Å². The molecule has 0 aromatic heterocycles. The molecular formula is C19H29N3O3. The third-order valence-corrected chi connectivity index (χ3v) is 3.93. The Morgan fingerprint density at radius 1 is 1.08 bits per heavy atom. The lowest BCUT2D eigenvalue weighted by molar-refractivity contribution is -0.131. The molecule has 1 rings (SSSR count). The number of aryl methyl sites for hydroxylation is 1. The molecule has 25 heavy (non-hydrogen) atoms. The smallest absolute Gasteiger partial charge is 0.248 e. The van der Waals surface area contributed by atoms with Crippen molar-refractivity contribution in [3.8, 4) is 0 Å². The Hall–Kier alpha value is -2.37. The highest BCUT2D eigenvalue weighted by Gasteiger charge is 2.13. The topological polar surface area (TPSA) is 92.5 Å². The maximum Gasteiger partial charge on any atom is 0.248 e. The summed E-state index contributed by atoms with van der Waals surface area (Å²) in [6, 6.07) is 4.94. The van der Waals surface area contributed by atoms with Gasteiger partial charge in [0, 0.05) is 37.2 Å². The molecule has 138 valence electrons. The lowest BCUT2D eigenvalue weighted by atomic mass is 10.1. The van der Waals surface area contributed by atoms with E-state index in [0.717, 1.165) is 31.5 Å². The molecule has 3 N–H and O–H groups in total. The summed E-state index contributed by atoms with van der Waals surface area (Å²) in [7, 11) is 0. The van der Waals surface area contributed by atoms with Crippen molar-refractivity contribution in [1.82, 2.24) is 4.90 Å². The summed E-state index contributed by atoms with van der Waals surface area (Å²) in [6.45, 7) is 7.46. The summed E-state index contributed by atoms with van der Waals surface area (Å²) >= 11 is 0. The van der Waals surface area contributed by atoms with Crippen molar-refractivity contribution in [2.45, 2.75) is 52.9 Å². The van der Waals surface area contributed by atoms with Crippen molar-refractivity contribution >= 4 is 23.4 Å². The van der Waals surface area contributed by atoms with E-state index in [1.807, 2.05) is 25.7 Å². The third kappa shape index (κ3) is 6.95. The van der Waals surface area contributed by atoms with Crippen molar-refractivity contribution < 1.29 is 14.4 Å². The average molecular weight is 347 g/mol. The predicted molar refractivity (Wildman–Crippen MR) is 99.3 cm³/mol. The van der Waals surface area contributed by atoms with Gasteiger partial charge in [0.1, 0.15) is 0 Å². The summed E-state index contributed by atoms with van der Waals surface area (Å²) in [5.41, 5.74) is 7.04. The SMILES string of the molecule is CCCN(CCC)C(=O)CCCC(=O)Nc1cc(C(N)=O)ccc1C.